The number of rotatable bonds is 5. The number of amides is 1. The van der Waals surface area contributed by atoms with Crippen LogP contribution in [0.2, 0.25) is 0 Å². The number of aryl methyl sites for hydroxylation is 3. The fraction of sp³-hybridized carbons (Fsp3) is 0.235. The van der Waals surface area contributed by atoms with Crippen molar-refractivity contribution >= 4 is 23.8 Å². The van der Waals surface area contributed by atoms with E-state index >= 15 is 0 Å². The van der Waals surface area contributed by atoms with Crippen LogP contribution in [0, 0.1) is 13.8 Å². The van der Waals surface area contributed by atoms with Gasteiger partial charge in [-0.1, -0.05) is 17.3 Å². The van der Waals surface area contributed by atoms with Crippen molar-refractivity contribution in [3.05, 3.63) is 46.8 Å². The van der Waals surface area contributed by atoms with Crippen molar-refractivity contribution in [3.8, 4) is 5.75 Å². The second-order valence-electron chi connectivity index (χ2n) is 5.30. The Morgan fingerprint density at radius 2 is 1.67 bits per heavy atom. The summed E-state index contributed by atoms with van der Waals surface area (Å²) in [4.78, 5) is 41.1. The molecule has 0 spiro atoms. The van der Waals surface area contributed by atoms with Crippen molar-refractivity contribution in [2.45, 2.75) is 26.7 Å². The summed E-state index contributed by atoms with van der Waals surface area (Å²) < 4.78 is 10.2. The zero-order valence-electron chi connectivity index (χ0n) is 14.6. The number of benzene rings is 1. The molecular weight excluding hydrogens is 360 g/mol. The van der Waals surface area contributed by atoms with Gasteiger partial charge in [0, 0.05) is 6.42 Å². The average molecular weight is 378 g/mol. The zero-order valence-corrected chi connectivity index (χ0v) is 14.6. The van der Waals surface area contributed by atoms with E-state index in [-0.39, 0.29) is 6.42 Å². The quantitative estimate of drug-likeness (QED) is 0.391. The maximum Gasteiger partial charge on any atom is 0.394 e. The normalized spacial score (nSPS) is 9.70. The van der Waals surface area contributed by atoms with Crippen LogP contribution in [0.4, 0.5) is 0 Å². The standard InChI is InChI=1S/C15H15NO5.C2H3NO3/c1-9-14(10(2)21-16-9)15(19)20-12-6-3-11(4-7-12)5-8-13(17)18;3-1(4)2(5)6/h3-4,6-7H,5,8H2,1-2H3,(H,17,18);(H2,3,4)(H,5,6). The summed E-state index contributed by atoms with van der Waals surface area (Å²) in [5, 5.41) is 19.8. The van der Waals surface area contributed by atoms with E-state index in [1.54, 1.807) is 38.1 Å². The number of ether oxygens (including phenoxy) is 1. The molecule has 0 saturated heterocycles. The highest BCUT2D eigenvalue weighted by Gasteiger charge is 2.19. The second-order valence-corrected chi connectivity index (χ2v) is 5.30. The van der Waals surface area contributed by atoms with Crippen molar-refractivity contribution in [2.75, 3.05) is 0 Å². The minimum atomic E-state index is -1.60. The van der Waals surface area contributed by atoms with Gasteiger partial charge in [0.25, 0.3) is 0 Å². The lowest BCUT2D eigenvalue weighted by atomic mass is 10.1. The monoisotopic (exact) mass is 378 g/mol. The first-order valence-electron chi connectivity index (χ1n) is 7.60. The van der Waals surface area contributed by atoms with Crippen LogP contribution in [0.1, 0.15) is 33.8 Å². The van der Waals surface area contributed by atoms with Crippen LogP contribution >= 0.6 is 0 Å². The maximum absolute atomic E-state index is 12.0. The van der Waals surface area contributed by atoms with Gasteiger partial charge in [-0.2, -0.15) is 0 Å². The van der Waals surface area contributed by atoms with Crippen LogP contribution in [0.25, 0.3) is 0 Å². The molecule has 144 valence electrons. The molecule has 1 aromatic heterocycles. The Bertz CT molecular complexity index is 808. The number of nitrogens with zero attached hydrogens (tertiary/aromatic N) is 1. The summed E-state index contributed by atoms with van der Waals surface area (Å²) in [6.07, 6.45) is 0.506. The first-order chi connectivity index (χ1) is 12.6. The molecule has 0 unspecified atom stereocenters. The summed E-state index contributed by atoms with van der Waals surface area (Å²) in [5.41, 5.74) is 5.87. The third-order valence-electron chi connectivity index (χ3n) is 3.21. The molecule has 4 N–H and O–H groups in total. The number of carbonyl (C=O) groups excluding carboxylic acids is 2. The number of esters is 1. The predicted octanol–water partition coefficient (Wildman–Crippen LogP) is 1.08. The van der Waals surface area contributed by atoms with Crippen molar-refractivity contribution in [3.63, 3.8) is 0 Å². The molecule has 0 aliphatic rings. The predicted molar refractivity (Wildman–Crippen MR) is 90.2 cm³/mol. The first kappa shape index (κ1) is 21.4. The minimum Gasteiger partial charge on any atom is -0.481 e. The molecular formula is C17H18N2O8. The van der Waals surface area contributed by atoms with E-state index < -0.39 is 23.8 Å². The number of carbonyl (C=O) groups is 4. The SMILES string of the molecule is Cc1noc(C)c1C(=O)Oc1ccc(CCC(=O)O)cc1.NC(=O)C(=O)O. The number of aliphatic carboxylic acids is 2. The smallest absolute Gasteiger partial charge is 0.394 e. The molecule has 0 atom stereocenters. The van der Waals surface area contributed by atoms with Crippen LogP contribution < -0.4 is 10.5 Å². The number of nitrogens with two attached hydrogens (primary N) is 1. The highest BCUT2D eigenvalue weighted by atomic mass is 16.5. The molecule has 0 radical (unpaired) electrons. The lowest BCUT2D eigenvalue weighted by Crippen LogP contribution is -2.21. The van der Waals surface area contributed by atoms with Crippen molar-refractivity contribution < 1.29 is 38.7 Å². The maximum atomic E-state index is 12.0. The van der Waals surface area contributed by atoms with Crippen molar-refractivity contribution in [2.24, 2.45) is 5.73 Å². The molecule has 1 amide bonds. The molecule has 10 heteroatoms. The first-order valence-corrected chi connectivity index (χ1v) is 7.60. The second kappa shape index (κ2) is 9.70. The largest absolute Gasteiger partial charge is 0.481 e. The number of primary amides is 1. The van der Waals surface area contributed by atoms with Gasteiger partial charge in [0.1, 0.15) is 17.1 Å². The fourth-order valence-electron chi connectivity index (χ4n) is 1.91. The average Bonchev–Trinajstić information content (AvgIpc) is 2.93. The Balaban J connectivity index is 0.000000527. The van der Waals surface area contributed by atoms with Crippen molar-refractivity contribution in [1.82, 2.24) is 5.16 Å². The molecule has 1 heterocycles. The van der Waals surface area contributed by atoms with Gasteiger partial charge in [0.05, 0.1) is 5.69 Å². The summed E-state index contributed by atoms with van der Waals surface area (Å²) in [6, 6.07) is 6.73. The molecule has 10 nitrogen and oxygen atoms in total. The molecule has 27 heavy (non-hydrogen) atoms. The van der Waals surface area contributed by atoms with Gasteiger partial charge in [0.15, 0.2) is 0 Å². The van der Waals surface area contributed by atoms with E-state index in [1.807, 2.05) is 0 Å². The lowest BCUT2D eigenvalue weighted by Gasteiger charge is -2.05. The molecule has 0 aliphatic carbocycles. The molecule has 0 aliphatic heterocycles. The van der Waals surface area contributed by atoms with E-state index in [9.17, 15) is 19.2 Å². The van der Waals surface area contributed by atoms with E-state index in [2.05, 4.69) is 10.9 Å². The third-order valence-corrected chi connectivity index (χ3v) is 3.21. The van der Waals surface area contributed by atoms with Crippen LogP contribution in [0.3, 0.4) is 0 Å². The van der Waals surface area contributed by atoms with Crippen LogP contribution in [-0.4, -0.2) is 39.2 Å². The number of aromatic nitrogens is 1. The van der Waals surface area contributed by atoms with Gasteiger partial charge in [-0.15, -0.1) is 0 Å². The topological polar surface area (TPSA) is 170 Å². The Kier molecular flexibility index (Phi) is 7.68. The Hall–Kier alpha value is -3.69. The van der Waals surface area contributed by atoms with Gasteiger partial charge in [0.2, 0.25) is 0 Å². The van der Waals surface area contributed by atoms with E-state index in [0.717, 1.165) is 5.56 Å². The lowest BCUT2D eigenvalue weighted by molar-refractivity contribution is -0.148. The Morgan fingerprint density at radius 3 is 2.07 bits per heavy atom. The number of carboxylic acid groups (broad SMARTS) is 2. The third kappa shape index (κ3) is 6.98. The molecule has 1 aromatic carbocycles. The number of carboxylic acids is 2. The Morgan fingerprint density at radius 1 is 1.11 bits per heavy atom. The minimum absolute atomic E-state index is 0.0677. The summed E-state index contributed by atoms with van der Waals surface area (Å²) in [5.74, 6) is -3.49. The van der Waals surface area contributed by atoms with Crippen LogP contribution in [0.5, 0.6) is 5.75 Å². The fourth-order valence-corrected chi connectivity index (χ4v) is 1.91. The highest BCUT2D eigenvalue weighted by molar-refractivity contribution is 6.30. The van der Waals surface area contributed by atoms with E-state index in [1.165, 1.54) is 0 Å². The van der Waals surface area contributed by atoms with E-state index in [0.29, 0.717) is 29.2 Å². The summed E-state index contributed by atoms with van der Waals surface area (Å²) >= 11 is 0. The van der Waals surface area contributed by atoms with Crippen LogP contribution in [-0.2, 0) is 20.8 Å². The summed E-state index contributed by atoms with van der Waals surface area (Å²) in [7, 11) is 0. The molecule has 2 rings (SSSR count). The van der Waals surface area contributed by atoms with Gasteiger partial charge in [-0.05, 0) is 38.0 Å². The summed E-state index contributed by atoms with van der Waals surface area (Å²) in [6.45, 7) is 3.31. The van der Waals surface area contributed by atoms with Crippen LogP contribution in [0.15, 0.2) is 28.8 Å². The van der Waals surface area contributed by atoms with Gasteiger partial charge in [-0.25, -0.2) is 9.59 Å². The molecule has 0 bridgehead atoms. The number of hydrogen-bond acceptors (Lipinski definition) is 7. The molecule has 0 fully saturated rings. The zero-order chi connectivity index (χ0) is 20.6. The number of hydrogen-bond donors (Lipinski definition) is 3. The van der Waals surface area contributed by atoms with Gasteiger partial charge < -0.3 is 25.2 Å². The van der Waals surface area contributed by atoms with Gasteiger partial charge >= 0.3 is 23.8 Å². The highest BCUT2D eigenvalue weighted by Crippen LogP contribution is 2.18. The van der Waals surface area contributed by atoms with E-state index in [4.69, 9.17) is 19.5 Å². The van der Waals surface area contributed by atoms with Crippen molar-refractivity contribution in [1.29, 1.82) is 0 Å². The Labute approximate surface area is 153 Å². The molecule has 2 aromatic rings. The molecule has 0 saturated carbocycles. The van der Waals surface area contributed by atoms with Gasteiger partial charge in [-0.3, -0.25) is 9.59 Å².